The van der Waals surface area contributed by atoms with E-state index in [1.54, 1.807) is 0 Å². The molecule has 0 bridgehead atoms. The first-order chi connectivity index (χ1) is 5.27. The Balaban J connectivity index is 3.02. The molecule has 0 saturated heterocycles. The van der Waals surface area contributed by atoms with Crippen molar-refractivity contribution in [1.29, 1.82) is 0 Å². The fraction of sp³-hybridized carbons (Fsp3) is 0.250. The second-order valence-electron chi connectivity index (χ2n) is 2.26. The molecule has 60 valence electrons. The van der Waals surface area contributed by atoms with E-state index >= 15 is 0 Å². The van der Waals surface area contributed by atoms with Crippen molar-refractivity contribution in [2.24, 2.45) is 5.73 Å². The maximum atomic E-state index is 5.53. The fourth-order valence-electron chi connectivity index (χ4n) is 0.868. The summed E-state index contributed by atoms with van der Waals surface area (Å²) in [4.78, 5) is 0. The molecule has 0 radical (unpaired) electrons. The number of halogens is 2. The summed E-state index contributed by atoms with van der Waals surface area (Å²) in [5.41, 5.74) is 7.94. The van der Waals surface area contributed by atoms with Crippen molar-refractivity contribution in [3.05, 3.63) is 33.8 Å². The second-order valence-corrected chi connectivity index (χ2v) is 3.68. The monoisotopic (exact) mass is 277 g/mol. The predicted octanol–water partition coefficient (Wildman–Crippen LogP) is 2.80. The topological polar surface area (TPSA) is 26.0 Å². The molecule has 0 amide bonds. The maximum Gasteiger partial charge on any atom is 0.0283 e. The van der Waals surface area contributed by atoms with E-state index in [4.69, 9.17) is 5.73 Å². The molecule has 1 aromatic rings. The van der Waals surface area contributed by atoms with E-state index in [2.05, 4.69) is 44.0 Å². The van der Waals surface area contributed by atoms with Crippen LogP contribution in [0.2, 0.25) is 0 Å². The fourth-order valence-corrected chi connectivity index (χ4v) is 1.62. The molecule has 0 heterocycles. The molecule has 0 aliphatic rings. The molecule has 2 N–H and O–H groups in total. The zero-order valence-electron chi connectivity index (χ0n) is 5.98. The van der Waals surface area contributed by atoms with Crippen LogP contribution in [0, 0.1) is 0 Å². The highest BCUT2D eigenvalue weighted by Gasteiger charge is 1.97. The van der Waals surface area contributed by atoms with Gasteiger partial charge in [0.15, 0.2) is 0 Å². The number of nitrogens with two attached hydrogens (primary N) is 1. The van der Waals surface area contributed by atoms with Gasteiger partial charge in [0.2, 0.25) is 0 Å². The average molecular weight is 279 g/mol. The van der Waals surface area contributed by atoms with Gasteiger partial charge >= 0.3 is 0 Å². The first-order valence-corrected chi connectivity index (χ1v) is 5.22. The average Bonchev–Trinajstić information content (AvgIpc) is 2.05. The van der Waals surface area contributed by atoms with Crippen LogP contribution in [0.5, 0.6) is 0 Å². The van der Waals surface area contributed by atoms with E-state index in [0.717, 1.165) is 15.4 Å². The van der Waals surface area contributed by atoms with Gasteiger partial charge in [-0.05, 0) is 17.2 Å². The smallest absolute Gasteiger partial charge is 0.0283 e. The minimum Gasteiger partial charge on any atom is -0.326 e. The third-order valence-electron chi connectivity index (χ3n) is 1.48. The Kier molecular flexibility index (Phi) is 3.55. The van der Waals surface area contributed by atoms with Crippen molar-refractivity contribution in [2.45, 2.75) is 11.9 Å². The molecule has 0 aromatic heterocycles. The Bertz CT molecular complexity index is 248. The summed E-state index contributed by atoms with van der Waals surface area (Å²) >= 11 is 6.81. The molecule has 1 aromatic carbocycles. The van der Waals surface area contributed by atoms with E-state index < -0.39 is 0 Å². The van der Waals surface area contributed by atoms with Gasteiger partial charge in [0, 0.05) is 16.3 Å². The van der Waals surface area contributed by atoms with Crippen molar-refractivity contribution in [1.82, 2.24) is 0 Å². The van der Waals surface area contributed by atoms with Crippen LogP contribution >= 0.6 is 31.9 Å². The summed E-state index contributed by atoms with van der Waals surface area (Å²) in [5.74, 6) is 0. The normalized spacial score (nSPS) is 10.1. The van der Waals surface area contributed by atoms with Gasteiger partial charge in [0.1, 0.15) is 0 Å². The van der Waals surface area contributed by atoms with Gasteiger partial charge in [-0.3, -0.25) is 0 Å². The Hall–Kier alpha value is 0.140. The standard InChI is InChI=1S/C8H9Br2N/c9-4-6-1-2-8(10)7(3-6)5-11/h1-3H,4-5,11H2. The van der Waals surface area contributed by atoms with Crippen molar-refractivity contribution in [3.63, 3.8) is 0 Å². The number of hydrogen-bond acceptors (Lipinski definition) is 1. The first kappa shape index (κ1) is 9.23. The van der Waals surface area contributed by atoms with Crippen LogP contribution < -0.4 is 5.73 Å². The SMILES string of the molecule is NCc1cc(CBr)ccc1Br. The Morgan fingerprint density at radius 1 is 1.36 bits per heavy atom. The highest BCUT2D eigenvalue weighted by molar-refractivity contribution is 9.10. The summed E-state index contributed by atoms with van der Waals surface area (Å²) in [6.45, 7) is 0.585. The predicted molar refractivity (Wildman–Crippen MR) is 54.7 cm³/mol. The zero-order valence-corrected chi connectivity index (χ0v) is 9.15. The van der Waals surface area contributed by atoms with Crippen LogP contribution in [0.1, 0.15) is 11.1 Å². The van der Waals surface area contributed by atoms with Gasteiger partial charge in [-0.15, -0.1) is 0 Å². The lowest BCUT2D eigenvalue weighted by atomic mass is 10.1. The van der Waals surface area contributed by atoms with Crippen LogP contribution in [-0.2, 0) is 11.9 Å². The van der Waals surface area contributed by atoms with Crippen molar-refractivity contribution < 1.29 is 0 Å². The molecule has 3 heteroatoms. The minimum absolute atomic E-state index is 0.585. The van der Waals surface area contributed by atoms with E-state index in [9.17, 15) is 0 Å². The van der Waals surface area contributed by atoms with Gasteiger partial charge in [-0.25, -0.2) is 0 Å². The summed E-state index contributed by atoms with van der Waals surface area (Å²) < 4.78 is 1.09. The summed E-state index contributed by atoms with van der Waals surface area (Å²) in [7, 11) is 0. The zero-order chi connectivity index (χ0) is 8.27. The van der Waals surface area contributed by atoms with E-state index in [1.165, 1.54) is 5.56 Å². The lowest BCUT2D eigenvalue weighted by Gasteiger charge is -2.02. The number of benzene rings is 1. The largest absolute Gasteiger partial charge is 0.326 e. The van der Waals surface area contributed by atoms with Crippen molar-refractivity contribution in [3.8, 4) is 0 Å². The van der Waals surface area contributed by atoms with Crippen molar-refractivity contribution in [2.75, 3.05) is 0 Å². The molecule has 0 aliphatic carbocycles. The first-order valence-electron chi connectivity index (χ1n) is 3.31. The van der Waals surface area contributed by atoms with Crippen LogP contribution in [-0.4, -0.2) is 0 Å². The molecule has 11 heavy (non-hydrogen) atoms. The van der Waals surface area contributed by atoms with Crippen LogP contribution in [0.25, 0.3) is 0 Å². The van der Waals surface area contributed by atoms with E-state index in [1.807, 2.05) is 6.07 Å². The number of hydrogen-bond donors (Lipinski definition) is 1. The van der Waals surface area contributed by atoms with E-state index in [0.29, 0.717) is 6.54 Å². The summed E-state index contributed by atoms with van der Waals surface area (Å²) in [5, 5.41) is 0.882. The molecule has 1 rings (SSSR count). The molecule has 0 unspecified atom stereocenters. The Morgan fingerprint density at radius 2 is 2.09 bits per heavy atom. The highest BCUT2D eigenvalue weighted by Crippen LogP contribution is 2.18. The third kappa shape index (κ3) is 2.29. The van der Waals surface area contributed by atoms with Gasteiger partial charge in [0.25, 0.3) is 0 Å². The minimum atomic E-state index is 0.585. The van der Waals surface area contributed by atoms with Crippen LogP contribution in [0.4, 0.5) is 0 Å². The number of rotatable bonds is 2. The molecule has 1 nitrogen and oxygen atoms in total. The van der Waals surface area contributed by atoms with Crippen LogP contribution in [0.15, 0.2) is 22.7 Å². The van der Waals surface area contributed by atoms with Crippen molar-refractivity contribution >= 4 is 31.9 Å². The molecular formula is C8H9Br2N. The Morgan fingerprint density at radius 3 is 2.64 bits per heavy atom. The molecule has 0 atom stereocenters. The second kappa shape index (κ2) is 4.24. The Labute approximate surface area is 83.2 Å². The quantitative estimate of drug-likeness (QED) is 0.828. The van der Waals surface area contributed by atoms with E-state index in [-0.39, 0.29) is 0 Å². The molecule has 0 fully saturated rings. The number of alkyl halides is 1. The third-order valence-corrected chi connectivity index (χ3v) is 2.91. The molecule has 0 saturated carbocycles. The highest BCUT2D eigenvalue weighted by atomic mass is 79.9. The lowest BCUT2D eigenvalue weighted by Crippen LogP contribution is -1.97. The van der Waals surface area contributed by atoms with Gasteiger partial charge < -0.3 is 5.73 Å². The summed E-state index contributed by atoms with van der Waals surface area (Å²) in [6.07, 6.45) is 0. The molecule has 0 aliphatic heterocycles. The molecular weight excluding hydrogens is 270 g/mol. The summed E-state index contributed by atoms with van der Waals surface area (Å²) in [6, 6.07) is 6.19. The van der Waals surface area contributed by atoms with Gasteiger partial charge in [0.05, 0.1) is 0 Å². The lowest BCUT2D eigenvalue weighted by molar-refractivity contribution is 1.05. The van der Waals surface area contributed by atoms with Gasteiger partial charge in [-0.2, -0.15) is 0 Å². The molecule has 0 spiro atoms. The maximum absolute atomic E-state index is 5.53. The van der Waals surface area contributed by atoms with Gasteiger partial charge in [-0.1, -0.05) is 44.0 Å². The van der Waals surface area contributed by atoms with Crippen LogP contribution in [0.3, 0.4) is 0 Å².